The molecule has 0 bridgehead atoms. The summed E-state index contributed by atoms with van der Waals surface area (Å²) in [4.78, 5) is -0.841. The number of rotatable bonds is 3. The van der Waals surface area contributed by atoms with Crippen molar-refractivity contribution in [2.75, 3.05) is 13.1 Å². The molecule has 0 spiro atoms. The van der Waals surface area contributed by atoms with Gasteiger partial charge in [0.25, 0.3) is 0 Å². The summed E-state index contributed by atoms with van der Waals surface area (Å²) in [6.07, 6.45) is 1.14. The predicted molar refractivity (Wildman–Crippen MR) is 71.4 cm³/mol. The van der Waals surface area contributed by atoms with Gasteiger partial charge in [-0.3, -0.25) is 0 Å². The topological polar surface area (TPSA) is 63.4 Å². The zero-order valence-corrected chi connectivity index (χ0v) is 12.3. The minimum absolute atomic E-state index is 0.0399. The zero-order chi connectivity index (χ0) is 15.8. The molecule has 0 aliphatic carbocycles. The summed E-state index contributed by atoms with van der Waals surface area (Å²) in [5, 5.41) is 0. The first-order valence-corrected chi connectivity index (χ1v) is 8.12. The fraction of sp³-hybridized carbons (Fsp3) is 0.538. The smallest absolute Gasteiger partial charge is 0.246 e. The highest BCUT2D eigenvalue weighted by molar-refractivity contribution is 7.89. The fourth-order valence-electron chi connectivity index (χ4n) is 2.51. The molecule has 2 rings (SSSR count). The molecule has 2 N–H and O–H groups in total. The van der Waals surface area contributed by atoms with E-state index in [1.807, 2.05) is 6.92 Å². The number of hydrogen-bond donors (Lipinski definition) is 1. The van der Waals surface area contributed by atoms with E-state index in [4.69, 9.17) is 5.73 Å². The molecule has 8 heteroatoms. The molecule has 1 heterocycles. The van der Waals surface area contributed by atoms with Gasteiger partial charge in [0.05, 0.1) is 0 Å². The summed E-state index contributed by atoms with van der Waals surface area (Å²) in [7, 11) is -4.20. The van der Waals surface area contributed by atoms with Gasteiger partial charge in [0.1, 0.15) is 4.90 Å². The lowest BCUT2D eigenvalue weighted by molar-refractivity contribution is 0.230. The third-order valence-corrected chi connectivity index (χ3v) is 5.78. The van der Waals surface area contributed by atoms with E-state index in [0.717, 1.165) is 10.4 Å². The van der Waals surface area contributed by atoms with Crippen molar-refractivity contribution in [3.63, 3.8) is 0 Å². The van der Waals surface area contributed by atoms with Crippen molar-refractivity contribution in [2.45, 2.75) is 30.7 Å². The second kappa shape index (κ2) is 5.94. The van der Waals surface area contributed by atoms with Gasteiger partial charge in [-0.2, -0.15) is 4.31 Å². The summed E-state index contributed by atoms with van der Waals surface area (Å²) in [6.45, 7) is 2.18. The van der Waals surface area contributed by atoms with Crippen LogP contribution in [-0.4, -0.2) is 31.9 Å². The quantitative estimate of drug-likeness (QED) is 0.864. The Labute approximate surface area is 121 Å². The van der Waals surface area contributed by atoms with Crippen molar-refractivity contribution in [2.24, 2.45) is 11.7 Å². The van der Waals surface area contributed by atoms with Crippen molar-refractivity contribution in [1.82, 2.24) is 4.31 Å². The SMILES string of the molecule is CCC1CN(S(=O)(=O)c2ccc(F)c(F)c2F)CCC1N. The van der Waals surface area contributed by atoms with E-state index in [9.17, 15) is 21.6 Å². The summed E-state index contributed by atoms with van der Waals surface area (Å²) < 4.78 is 65.8. The Kier molecular flexibility index (Phi) is 4.60. The Morgan fingerprint density at radius 3 is 2.57 bits per heavy atom. The van der Waals surface area contributed by atoms with Crippen LogP contribution < -0.4 is 5.73 Å². The van der Waals surface area contributed by atoms with Gasteiger partial charge in [-0.25, -0.2) is 21.6 Å². The third kappa shape index (κ3) is 2.93. The Morgan fingerprint density at radius 2 is 1.95 bits per heavy atom. The standard InChI is InChI=1S/C13H17F3N2O2S/c1-2-8-7-18(6-5-10(8)17)21(19,20)11-4-3-9(14)12(15)13(11)16/h3-4,8,10H,2,5-7,17H2,1H3. The van der Waals surface area contributed by atoms with Gasteiger partial charge in [0, 0.05) is 19.1 Å². The van der Waals surface area contributed by atoms with Crippen LogP contribution >= 0.6 is 0 Å². The van der Waals surface area contributed by atoms with Crippen molar-refractivity contribution in [3.8, 4) is 0 Å². The van der Waals surface area contributed by atoms with Crippen LogP contribution in [0.5, 0.6) is 0 Å². The van der Waals surface area contributed by atoms with Gasteiger partial charge in [0.2, 0.25) is 10.0 Å². The molecule has 2 unspecified atom stereocenters. The largest absolute Gasteiger partial charge is 0.327 e. The van der Waals surface area contributed by atoms with Gasteiger partial charge in [-0.05, 0) is 24.5 Å². The summed E-state index contributed by atoms with van der Waals surface area (Å²) >= 11 is 0. The van der Waals surface area contributed by atoms with Crippen LogP contribution in [0.3, 0.4) is 0 Å². The second-order valence-corrected chi connectivity index (χ2v) is 7.06. The van der Waals surface area contributed by atoms with E-state index in [-0.39, 0.29) is 25.0 Å². The molecule has 1 saturated heterocycles. The molecule has 1 aromatic rings. The maximum atomic E-state index is 13.7. The lowest BCUT2D eigenvalue weighted by atomic mass is 9.92. The second-order valence-electron chi connectivity index (χ2n) is 5.16. The molecule has 0 aromatic heterocycles. The number of sulfonamides is 1. The highest BCUT2D eigenvalue weighted by atomic mass is 32.2. The van der Waals surface area contributed by atoms with Gasteiger partial charge in [-0.1, -0.05) is 13.3 Å². The molecule has 1 aliphatic rings. The number of halogens is 3. The van der Waals surface area contributed by atoms with Crippen molar-refractivity contribution in [3.05, 3.63) is 29.6 Å². The lowest BCUT2D eigenvalue weighted by Gasteiger charge is -2.35. The van der Waals surface area contributed by atoms with Gasteiger partial charge >= 0.3 is 0 Å². The molecule has 118 valence electrons. The fourth-order valence-corrected chi connectivity index (χ4v) is 4.08. The molecule has 1 aromatic carbocycles. The van der Waals surface area contributed by atoms with Crippen LogP contribution in [0, 0.1) is 23.4 Å². The molecular weight excluding hydrogens is 305 g/mol. The molecule has 0 saturated carbocycles. The highest BCUT2D eigenvalue weighted by Crippen LogP contribution is 2.27. The first-order valence-electron chi connectivity index (χ1n) is 6.68. The van der Waals surface area contributed by atoms with E-state index in [2.05, 4.69) is 0 Å². The van der Waals surface area contributed by atoms with Crippen LogP contribution in [-0.2, 0) is 10.0 Å². The first kappa shape index (κ1) is 16.3. The molecule has 1 aliphatic heterocycles. The van der Waals surface area contributed by atoms with E-state index in [1.54, 1.807) is 0 Å². The normalized spacial score (nSPS) is 24.2. The number of nitrogens with zero attached hydrogens (tertiary/aromatic N) is 1. The number of nitrogens with two attached hydrogens (primary N) is 1. The predicted octanol–water partition coefficient (Wildman–Crippen LogP) is 1.85. The van der Waals surface area contributed by atoms with Gasteiger partial charge in [0.15, 0.2) is 17.5 Å². The van der Waals surface area contributed by atoms with Crippen LogP contribution in [0.4, 0.5) is 13.2 Å². The minimum atomic E-state index is -4.20. The average molecular weight is 322 g/mol. The monoisotopic (exact) mass is 322 g/mol. The van der Waals surface area contributed by atoms with Crippen LogP contribution in [0.15, 0.2) is 17.0 Å². The Balaban J connectivity index is 2.37. The van der Waals surface area contributed by atoms with Crippen LogP contribution in [0.1, 0.15) is 19.8 Å². The number of piperidine rings is 1. The van der Waals surface area contributed by atoms with Gasteiger partial charge in [-0.15, -0.1) is 0 Å². The summed E-state index contributed by atoms with van der Waals surface area (Å²) in [5.41, 5.74) is 5.90. The molecule has 1 fully saturated rings. The van der Waals surface area contributed by atoms with Gasteiger partial charge < -0.3 is 5.73 Å². The van der Waals surface area contributed by atoms with E-state index in [1.165, 1.54) is 0 Å². The minimum Gasteiger partial charge on any atom is -0.327 e. The van der Waals surface area contributed by atoms with Crippen LogP contribution in [0.2, 0.25) is 0 Å². The molecule has 0 radical (unpaired) electrons. The van der Waals surface area contributed by atoms with E-state index in [0.29, 0.717) is 18.9 Å². The maximum Gasteiger partial charge on any atom is 0.246 e. The molecule has 2 atom stereocenters. The van der Waals surface area contributed by atoms with Crippen LogP contribution in [0.25, 0.3) is 0 Å². The Hall–Kier alpha value is -1.12. The maximum absolute atomic E-state index is 13.7. The molecule has 4 nitrogen and oxygen atoms in total. The zero-order valence-electron chi connectivity index (χ0n) is 11.5. The Morgan fingerprint density at radius 1 is 1.29 bits per heavy atom. The average Bonchev–Trinajstić information content (AvgIpc) is 2.44. The van der Waals surface area contributed by atoms with Crippen molar-refractivity contribution >= 4 is 10.0 Å². The van der Waals surface area contributed by atoms with Crippen molar-refractivity contribution < 1.29 is 21.6 Å². The summed E-state index contributed by atoms with van der Waals surface area (Å²) in [6, 6.07) is 1.24. The third-order valence-electron chi connectivity index (χ3n) is 3.90. The number of benzene rings is 1. The summed E-state index contributed by atoms with van der Waals surface area (Å²) in [5.74, 6) is -4.92. The van der Waals surface area contributed by atoms with E-state index >= 15 is 0 Å². The first-order chi connectivity index (χ1) is 9.78. The molecule has 0 amide bonds. The number of hydrogen-bond acceptors (Lipinski definition) is 3. The molecular formula is C13H17F3N2O2S. The Bertz CT molecular complexity index is 637. The lowest BCUT2D eigenvalue weighted by Crippen LogP contribution is -2.49. The van der Waals surface area contributed by atoms with E-state index < -0.39 is 32.4 Å². The molecule has 21 heavy (non-hydrogen) atoms. The highest BCUT2D eigenvalue weighted by Gasteiger charge is 2.35. The van der Waals surface area contributed by atoms with Crippen molar-refractivity contribution in [1.29, 1.82) is 0 Å².